The number of nitriles is 1. The molecule has 0 amide bonds. The van der Waals surface area contributed by atoms with Crippen LogP contribution in [0, 0.1) is 11.3 Å². The van der Waals surface area contributed by atoms with Crippen LogP contribution in [0.2, 0.25) is 0 Å². The lowest BCUT2D eigenvalue weighted by molar-refractivity contribution is 0.403. The van der Waals surface area contributed by atoms with Gasteiger partial charge in [0.1, 0.15) is 22.5 Å². The maximum Gasteiger partial charge on any atom is 0.265 e. The van der Waals surface area contributed by atoms with Crippen molar-refractivity contribution in [3.8, 4) is 17.6 Å². The molecule has 0 spiro atoms. The van der Waals surface area contributed by atoms with Gasteiger partial charge < -0.3 is 9.47 Å². The van der Waals surface area contributed by atoms with E-state index < -0.39 is 10.0 Å². The van der Waals surface area contributed by atoms with Crippen LogP contribution in [0.4, 0.5) is 5.69 Å². The van der Waals surface area contributed by atoms with Crippen LogP contribution in [0.15, 0.2) is 45.8 Å². The van der Waals surface area contributed by atoms with E-state index in [0.29, 0.717) is 10.2 Å². The van der Waals surface area contributed by atoms with Crippen molar-refractivity contribution in [2.45, 2.75) is 4.90 Å². The number of methoxy groups -OCH3 is 2. The third kappa shape index (κ3) is 3.75. The van der Waals surface area contributed by atoms with Gasteiger partial charge in [0.2, 0.25) is 0 Å². The molecule has 2 aromatic rings. The fourth-order valence-electron chi connectivity index (χ4n) is 1.89. The fourth-order valence-corrected chi connectivity index (χ4v) is 3.67. The molecule has 0 heterocycles. The smallest absolute Gasteiger partial charge is 0.265 e. The Balaban J connectivity index is 2.51. The number of sulfonamides is 1. The highest BCUT2D eigenvalue weighted by Gasteiger charge is 2.21. The first-order valence-electron chi connectivity index (χ1n) is 6.35. The van der Waals surface area contributed by atoms with Crippen molar-refractivity contribution >= 4 is 31.6 Å². The topological polar surface area (TPSA) is 88.4 Å². The van der Waals surface area contributed by atoms with Crippen LogP contribution < -0.4 is 14.2 Å². The molecule has 1 N–H and O–H groups in total. The van der Waals surface area contributed by atoms with Gasteiger partial charge in [-0.05, 0) is 30.3 Å². The second-order valence-corrected chi connectivity index (χ2v) is 6.99. The van der Waals surface area contributed by atoms with E-state index in [1.165, 1.54) is 38.5 Å². The van der Waals surface area contributed by atoms with Crippen molar-refractivity contribution in [3.63, 3.8) is 0 Å². The average molecular weight is 397 g/mol. The summed E-state index contributed by atoms with van der Waals surface area (Å²) >= 11 is 3.23. The number of hydrogen-bond donors (Lipinski definition) is 1. The summed E-state index contributed by atoms with van der Waals surface area (Å²) in [6.45, 7) is 0. The van der Waals surface area contributed by atoms with Crippen molar-refractivity contribution in [3.05, 3.63) is 46.4 Å². The van der Waals surface area contributed by atoms with E-state index in [9.17, 15) is 8.42 Å². The zero-order valence-electron chi connectivity index (χ0n) is 12.3. The number of rotatable bonds is 5. The van der Waals surface area contributed by atoms with Gasteiger partial charge in [-0.15, -0.1) is 0 Å². The minimum absolute atomic E-state index is 0.0407. The highest BCUT2D eigenvalue weighted by Crippen LogP contribution is 2.30. The maximum absolute atomic E-state index is 12.6. The summed E-state index contributed by atoms with van der Waals surface area (Å²) in [5, 5.41) is 9.14. The second-order valence-electron chi connectivity index (χ2n) is 4.42. The molecule has 0 aromatic heterocycles. The zero-order valence-corrected chi connectivity index (χ0v) is 14.7. The molecule has 6 nitrogen and oxygen atoms in total. The second kappa shape index (κ2) is 6.89. The van der Waals surface area contributed by atoms with Crippen LogP contribution in [0.25, 0.3) is 0 Å². The molecule has 0 saturated heterocycles. The summed E-state index contributed by atoms with van der Waals surface area (Å²) in [7, 11) is -1.11. The van der Waals surface area contributed by atoms with Gasteiger partial charge in [0.25, 0.3) is 10.0 Å². The van der Waals surface area contributed by atoms with Crippen LogP contribution in [0.1, 0.15) is 5.56 Å². The molecule has 0 aliphatic rings. The molecule has 0 unspecified atom stereocenters. The third-order valence-corrected chi connectivity index (χ3v) is 4.89. The molecular weight excluding hydrogens is 384 g/mol. The first-order valence-corrected chi connectivity index (χ1v) is 8.63. The summed E-state index contributed by atoms with van der Waals surface area (Å²) in [5.74, 6) is 0.630. The van der Waals surface area contributed by atoms with Gasteiger partial charge in [0.05, 0.1) is 25.5 Å². The lowest BCUT2D eigenvalue weighted by Gasteiger charge is -2.13. The quantitative estimate of drug-likeness (QED) is 0.838. The Morgan fingerprint density at radius 3 is 2.48 bits per heavy atom. The predicted octanol–water partition coefficient (Wildman–Crippen LogP) is 3.14. The van der Waals surface area contributed by atoms with E-state index in [1.54, 1.807) is 12.1 Å². The maximum atomic E-state index is 12.6. The number of ether oxygens (including phenoxy) is 2. The molecule has 8 heteroatoms. The molecule has 2 aromatic carbocycles. The van der Waals surface area contributed by atoms with Crippen molar-refractivity contribution in [2.24, 2.45) is 0 Å². The molecule has 0 atom stereocenters. The molecule has 0 aliphatic carbocycles. The van der Waals surface area contributed by atoms with Gasteiger partial charge >= 0.3 is 0 Å². The highest BCUT2D eigenvalue weighted by atomic mass is 79.9. The molecule has 0 fully saturated rings. The Morgan fingerprint density at radius 2 is 1.87 bits per heavy atom. The monoisotopic (exact) mass is 396 g/mol. The average Bonchev–Trinajstić information content (AvgIpc) is 2.54. The number of benzene rings is 2. The Bertz CT molecular complexity index is 876. The SMILES string of the molecule is COc1ccc(C#N)c(NS(=O)(=O)c2cc(Br)ccc2OC)c1. The van der Waals surface area contributed by atoms with Gasteiger partial charge in [0, 0.05) is 10.5 Å². The highest BCUT2D eigenvalue weighted by molar-refractivity contribution is 9.10. The van der Waals surface area contributed by atoms with Gasteiger partial charge in [-0.1, -0.05) is 15.9 Å². The van der Waals surface area contributed by atoms with E-state index in [0.717, 1.165) is 0 Å². The molecular formula is C15H13BrN2O4S. The van der Waals surface area contributed by atoms with E-state index >= 15 is 0 Å². The van der Waals surface area contributed by atoms with Crippen LogP contribution in [0.5, 0.6) is 11.5 Å². The molecule has 0 aliphatic heterocycles. The first-order chi connectivity index (χ1) is 10.9. The fraction of sp³-hybridized carbons (Fsp3) is 0.133. The Hall–Kier alpha value is -2.24. The van der Waals surface area contributed by atoms with Crippen LogP contribution in [0.3, 0.4) is 0 Å². The summed E-state index contributed by atoms with van der Waals surface area (Å²) in [4.78, 5) is -0.0407. The summed E-state index contributed by atoms with van der Waals surface area (Å²) in [6.07, 6.45) is 0. The minimum atomic E-state index is -3.95. The Morgan fingerprint density at radius 1 is 1.13 bits per heavy atom. The number of halogens is 1. The lowest BCUT2D eigenvalue weighted by atomic mass is 10.2. The van der Waals surface area contributed by atoms with Crippen molar-refractivity contribution in [1.82, 2.24) is 0 Å². The van der Waals surface area contributed by atoms with Gasteiger partial charge in [-0.25, -0.2) is 8.42 Å². The number of hydrogen-bond acceptors (Lipinski definition) is 5. The van der Waals surface area contributed by atoms with E-state index in [1.807, 2.05) is 6.07 Å². The number of nitrogens with zero attached hydrogens (tertiary/aromatic N) is 1. The standard InChI is InChI=1S/C15H13BrN2O4S/c1-21-12-5-3-10(9-17)13(8-12)18-23(19,20)15-7-11(16)4-6-14(15)22-2/h3-8,18H,1-2H3. The minimum Gasteiger partial charge on any atom is -0.497 e. The third-order valence-electron chi connectivity index (χ3n) is 3.01. The normalized spacial score (nSPS) is 10.7. The summed E-state index contributed by atoms with van der Waals surface area (Å²) in [5.41, 5.74) is 0.317. The molecule has 0 bridgehead atoms. The van der Waals surface area contributed by atoms with Crippen molar-refractivity contribution in [2.75, 3.05) is 18.9 Å². The Labute approximate surface area is 142 Å². The number of anilines is 1. The van der Waals surface area contributed by atoms with Gasteiger partial charge in [-0.2, -0.15) is 5.26 Å². The van der Waals surface area contributed by atoms with Crippen LogP contribution in [-0.4, -0.2) is 22.6 Å². The zero-order chi connectivity index (χ0) is 17.0. The largest absolute Gasteiger partial charge is 0.497 e. The van der Waals surface area contributed by atoms with E-state index in [4.69, 9.17) is 14.7 Å². The molecule has 0 radical (unpaired) electrons. The molecule has 2 rings (SSSR count). The van der Waals surface area contributed by atoms with Gasteiger partial charge in [-0.3, -0.25) is 4.72 Å². The van der Waals surface area contributed by atoms with Gasteiger partial charge in [0.15, 0.2) is 0 Å². The van der Waals surface area contributed by atoms with E-state index in [2.05, 4.69) is 20.7 Å². The summed E-state index contributed by atoms with van der Waals surface area (Å²) in [6, 6.07) is 11.1. The summed E-state index contributed by atoms with van der Waals surface area (Å²) < 4.78 is 38.4. The van der Waals surface area contributed by atoms with Crippen molar-refractivity contribution in [1.29, 1.82) is 5.26 Å². The molecule has 120 valence electrons. The van der Waals surface area contributed by atoms with E-state index in [-0.39, 0.29) is 21.9 Å². The van der Waals surface area contributed by atoms with Crippen LogP contribution >= 0.6 is 15.9 Å². The van der Waals surface area contributed by atoms with Crippen molar-refractivity contribution < 1.29 is 17.9 Å². The first kappa shape index (κ1) is 17.1. The number of nitrogens with one attached hydrogen (secondary N) is 1. The lowest BCUT2D eigenvalue weighted by Crippen LogP contribution is -2.15. The Kier molecular flexibility index (Phi) is 5.13. The molecule has 0 saturated carbocycles. The van der Waals surface area contributed by atoms with Crippen LogP contribution in [-0.2, 0) is 10.0 Å². The predicted molar refractivity (Wildman–Crippen MR) is 89.2 cm³/mol. The molecule has 23 heavy (non-hydrogen) atoms.